The van der Waals surface area contributed by atoms with E-state index in [1.54, 1.807) is 0 Å². The number of nitrogens with zero attached hydrogens (tertiary/aromatic N) is 1. The van der Waals surface area contributed by atoms with Crippen LogP contribution in [0, 0.1) is 5.41 Å². The molecule has 2 N–H and O–H groups in total. The summed E-state index contributed by atoms with van der Waals surface area (Å²) in [4.78, 5) is 2.46. The van der Waals surface area contributed by atoms with Crippen LogP contribution in [0.1, 0.15) is 38.7 Å². The van der Waals surface area contributed by atoms with Gasteiger partial charge in [-0.05, 0) is 37.0 Å². The molecule has 1 aromatic carbocycles. The zero-order valence-corrected chi connectivity index (χ0v) is 12.6. The molecular formula is C17H26N2O. The van der Waals surface area contributed by atoms with Crippen molar-refractivity contribution in [1.82, 2.24) is 5.32 Å². The predicted molar refractivity (Wildman–Crippen MR) is 82.9 cm³/mol. The Labute approximate surface area is 122 Å². The van der Waals surface area contributed by atoms with Gasteiger partial charge in [0.1, 0.15) is 0 Å². The molecule has 1 heterocycles. The molecule has 2 fully saturated rings. The van der Waals surface area contributed by atoms with Crippen molar-refractivity contribution in [3.63, 3.8) is 0 Å². The molecule has 0 spiro atoms. The second-order valence-electron chi connectivity index (χ2n) is 6.87. The summed E-state index contributed by atoms with van der Waals surface area (Å²) in [5, 5.41) is 13.3. The number of rotatable bonds is 4. The van der Waals surface area contributed by atoms with E-state index in [2.05, 4.69) is 48.3 Å². The van der Waals surface area contributed by atoms with E-state index in [9.17, 15) is 5.11 Å². The summed E-state index contributed by atoms with van der Waals surface area (Å²) in [7, 11) is 0. The van der Waals surface area contributed by atoms with Crippen molar-refractivity contribution in [2.45, 2.75) is 51.8 Å². The van der Waals surface area contributed by atoms with E-state index < -0.39 is 0 Å². The topological polar surface area (TPSA) is 35.5 Å². The largest absolute Gasteiger partial charge is 0.392 e. The van der Waals surface area contributed by atoms with Crippen LogP contribution in [0.15, 0.2) is 24.3 Å². The molecule has 1 aliphatic carbocycles. The summed E-state index contributed by atoms with van der Waals surface area (Å²) in [6, 6.07) is 9.35. The quantitative estimate of drug-likeness (QED) is 0.885. The van der Waals surface area contributed by atoms with Gasteiger partial charge in [-0.3, -0.25) is 0 Å². The molecule has 3 heteroatoms. The molecule has 1 aromatic rings. The normalized spacial score (nSPS) is 28.4. The highest BCUT2D eigenvalue weighted by Crippen LogP contribution is 2.40. The van der Waals surface area contributed by atoms with Gasteiger partial charge in [0.25, 0.3) is 0 Å². The van der Waals surface area contributed by atoms with Crippen LogP contribution < -0.4 is 10.2 Å². The third-order valence-electron chi connectivity index (χ3n) is 5.18. The third-order valence-corrected chi connectivity index (χ3v) is 5.18. The van der Waals surface area contributed by atoms with Gasteiger partial charge in [0.05, 0.1) is 6.10 Å². The van der Waals surface area contributed by atoms with Gasteiger partial charge in [-0.1, -0.05) is 26.0 Å². The Balaban J connectivity index is 1.53. The Hall–Kier alpha value is -1.06. The summed E-state index contributed by atoms with van der Waals surface area (Å²) in [5.74, 6) is 0. The average Bonchev–Trinajstić information content (AvgIpc) is 2.98. The number of aliphatic hydroxyl groups is 1. The van der Waals surface area contributed by atoms with Crippen molar-refractivity contribution >= 4 is 5.69 Å². The van der Waals surface area contributed by atoms with E-state index in [0.717, 1.165) is 13.0 Å². The monoisotopic (exact) mass is 274 g/mol. The molecule has 1 saturated carbocycles. The van der Waals surface area contributed by atoms with Gasteiger partial charge in [0, 0.05) is 36.8 Å². The van der Waals surface area contributed by atoms with Crippen molar-refractivity contribution in [3.05, 3.63) is 29.8 Å². The van der Waals surface area contributed by atoms with E-state index in [0.29, 0.717) is 6.04 Å². The van der Waals surface area contributed by atoms with Crippen LogP contribution >= 0.6 is 0 Å². The lowest BCUT2D eigenvalue weighted by Gasteiger charge is -2.49. The zero-order chi connectivity index (χ0) is 14.2. The molecule has 2 aliphatic rings. The van der Waals surface area contributed by atoms with Crippen LogP contribution in [-0.2, 0) is 6.54 Å². The molecule has 0 aromatic heterocycles. The predicted octanol–water partition coefficient (Wildman–Crippen LogP) is 2.54. The molecule has 0 radical (unpaired) electrons. The van der Waals surface area contributed by atoms with Crippen LogP contribution in [0.4, 0.5) is 5.69 Å². The maximum atomic E-state index is 9.76. The van der Waals surface area contributed by atoms with Gasteiger partial charge in [-0.2, -0.15) is 0 Å². The number of nitrogens with one attached hydrogen (secondary N) is 1. The van der Waals surface area contributed by atoms with Crippen molar-refractivity contribution < 1.29 is 5.11 Å². The third kappa shape index (κ3) is 2.57. The lowest BCUT2D eigenvalue weighted by atomic mass is 9.64. The fourth-order valence-electron chi connectivity index (χ4n) is 3.29. The smallest absolute Gasteiger partial charge is 0.0621 e. The zero-order valence-electron chi connectivity index (χ0n) is 12.6. The van der Waals surface area contributed by atoms with Crippen LogP contribution in [-0.4, -0.2) is 30.3 Å². The number of aliphatic hydroxyl groups excluding tert-OH is 1. The summed E-state index contributed by atoms with van der Waals surface area (Å²) in [6.07, 6.45) is 3.36. The Morgan fingerprint density at radius 3 is 2.40 bits per heavy atom. The first-order valence-electron chi connectivity index (χ1n) is 7.83. The van der Waals surface area contributed by atoms with E-state index in [-0.39, 0.29) is 11.5 Å². The molecule has 2 unspecified atom stereocenters. The first-order valence-corrected chi connectivity index (χ1v) is 7.83. The Bertz CT molecular complexity index is 449. The second-order valence-corrected chi connectivity index (χ2v) is 6.87. The summed E-state index contributed by atoms with van der Waals surface area (Å²) in [5.41, 5.74) is 2.69. The molecule has 3 nitrogen and oxygen atoms in total. The number of anilines is 1. The van der Waals surface area contributed by atoms with Gasteiger partial charge in [-0.25, -0.2) is 0 Å². The van der Waals surface area contributed by atoms with Gasteiger partial charge in [0.15, 0.2) is 0 Å². The SMILES string of the molecule is CC1(C)C(O)CC1NCc1ccc(N2CCCC2)cc1. The molecule has 110 valence electrons. The van der Waals surface area contributed by atoms with Crippen LogP contribution in [0.2, 0.25) is 0 Å². The minimum Gasteiger partial charge on any atom is -0.392 e. The standard InChI is InChI=1S/C17H26N2O/c1-17(2)15(11-16(17)20)18-12-13-5-7-14(8-6-13)19-9-3-4-10-19/h5-8,15-16,18,20H,3-4,9-12H2,1-2H3. The van der Waals surface area contributed by atoms with Crippen LogP contribution in [0.5, 0.6) is 0 Å². The molecule has 0 bridgehead atoms. The molecule has 3 rings (SSSR count). The van der Waals surface area contributed by atoms with Crippen LogP contribution in [0.25, 0.3) is 0 Å². The molecule has 20 heavy (non-hydrogen) atoms. The lowest BCUT2D eigenvalue weighted by Crippen LogP contribution is -2.59. The van der Waals surface area contributed by atoms with Gasteiger partial charge in [0.2, 0.25) is 0 Å². The summed E-state index contributed by atoms with van der Waals surface area (Å²) < 4.78 is 0. The fraction of sp³-hybridized carbons (Fsp3) is 0.647. The first kappa shape index (κ1) is 13.9. The van der Waals surface area contributed by atoms with Crippen molar-refractivity contribution in [2.75, 3.05) is 18.0 Å². The highest BCUT2D eigenvalue weighted by atomic mass is 16.3. The number of hydrogen-bond acceptors (Lipinski definition) is 3. The van der Waals surface area contributed by atoms with E-state index in [1.807, 2.05) is 0 Å². The van der Waals surface area contributed by atoms with E-state index in [4.69, 9.17) is 0 Å². The van der Waals surface area contributed by atoms with Crippen molar-refractivity contribution in [1.29, 1.82) is 0 Å². The van der Waals surface area contributed by atoms with Gasteiger partial charge in [-0.15, -0.1) is 0 Å². The average molecular weight is 274 g/mol. The summed E-state index contributed by atoms with van der Waals surface area (Å²) in [6.45, 7) is 7.56. The Morgan fingerprint density at radius 1 is 1.20 bits per heavy atom. The molecule has 0 amide bonds. The van der Waals surface area contributed by atoms with E-state index >= 15 is 0 Å². The number of benzene rings is 1. The van der Waals surface area contributed by atoms with Crippen LogP contribution in [0.3, 0.4) is 0 Å². The minimum absolute atomic E-state index is 0.00942. The maximum Gasteiger partial charge on any atom is 0.0621 e. The van der Waals surface area contributed by atoms with Gasteiger partial charge < -0.3 is 15.3 Å². The first-order chi connectivity index (χ1) is 9.57. The Kier molecular flexibility index (Phi) is 3.74. The van der Waals surface area contributed by atoms with Gasteiger partial charge >= 0.3 is 0 Å². The fourth-order valence-corrected chi connectivity index (χ4v) is 3.29. The number of hydrogen-bond donors (Lipinski definition) is 2. The molecular weight excluding hydrogens is 248 g/mol. The Morgan fingerprint density at radius 2 is 1.85 bits per heavy atom. The molecule has 1 aliphatic heterocycles. The molecule has 2 atom stereocenters. The van der Waals surface area contributed by atoms with Crippen molar-refractivity contribution in [2.24, 2.45) is 5.41 Å². The second kappa shape index (κ2) is 5.38. The van der Waals surface area contributed by atoms with Crippen molar-refractivity contribution in [3.8, 4) is 0 Å². The molecule has 1 saturated heterocycles. The van der Waals surface area contributed by atoms with E-state index in [1.165, 1.54) is 37.2 Å². The highest BCUT2D eigenvalue weighted by Gasteiger charge is 2.46. The maximum absolute atomic E-state index is 9.76. The highest BCUT2D eigenvalue weighted by molar-refractivity contribution is 5.48. The summed E-state index contributed by atoms with van der Waals surface area (Å²) >= 11 is 0. The minimum atomic E-state index is -0.155. The lowest BCUT2D eigenvalue weighted by molar-refractivity contribution is -0.0729.